The lowest BCUT2D eigenvalue weighted by Gasteiger charge is -2.32. The number of Topliss-reactive ketones (excluding diaryl/α,β-unsaturated/α-hetero) is 1. The van der Waals surface area contributed by atoms with Gasteiger partial charge in [0.25, 0.3) is 0 Å². The highest BCUT2D eigenvalue weighted by Gasteiger charge is 2.42. The molecule has 1 amide bonds. The number of rotatable bonds is 5. The van der Waals surface area contributed by atoms with Crippen LogP contribution in [0.15, 0.2) is 10.6 Å². The van der Waals surface area contributed by atoms with Crippen molar-refractivity contribution < 1.29 is 22.9 Å². The summed E-state index contributed by atoms with van der Waals surface area (Å²) in [5.41, 5.74) is 0.139. The van der Waals surface area contributed by atoms with Crippen LogP contribution < -0.4 is 0 Å². The van der Waals surface area contributed by atoms with Gasteiger partial charge in [-0.15, -0.1) is 0 Å². The number of carbonyl (C=O) groups is 2. The fraction of sp³-hybridized carbons (Fsp3) is 0.714. The number of aromatic nitrogens is 1. The molecule has 1 aromatic rings. The van der Waals surface area contributed by atoms with Gasteiger partial charge < -0.3 is 14.8 Å². The van der Waals surface area contributed by atoms with Crippen molar-refractivity contribution in [3.05, 3.63) is 17.5 Å². The van der Waals surface area contributed by atoms with E-state index in [0.29, 0.717) is 30.8 Å². The number of amides is 1. The number of hydrogen-bond donors (Lipinski definition) is 1. The molecule has 1 aliphatic carbocycles. The molecular formula is C21H29F2N3O3. The molecule has 29 heavy (non-hydrogen) atoms. The molecule has 0 aromatic carbocycles. The van der Waals surface area contributed by atoms with Crippen LogP contribution >= 0.6 is 0 Å². The van der Waals surface area contributed by atoms with Gasteiger partial charge in [0.1, 0.15) is 11.5 Å². The van der Waals surface area contributed by atoms with Gasteiger partial charge in [0, 0.05) is 36.8 Å². The Morgan fingerprint density at radius 3 is 2.52 bits per heavy atom. The molecule has 0 bridgehead atoms. The smallest absolute Gasteiger partial charge is 0.248 e. The molecule has 0 spiro atoms. The molecule has 1 saturated carbocycles. The first-order valence-corrected chi connectivity index (χ1v) is 10.2. The minimum atomic E-state index is -2.68. The number of likely N-dealkylation sites (tertiary alicyclic amines) is 1. The lowest BCUT2D eigenvalue weighted by Crippen LogP contribution is -2.45. The summed E-state index contributed by atoms with van der Waals surface area (Å²) in [6, 6.07) is 1.09. The number of ketones is 1. The fourth-order valence-corrected chi connectivity index (χ4v) is 4.04. The molecule has 8 heteroatoms. The van der Waals surface area contributed by atoms with E-state index in [9.17, 15) is 18.4 Å². The molecule has 2 fully saturated rings. The molecule has 1 aliphatic heterocycles. The first kappa shape index (κ1) is 21.6. The van der Waals surface area contributed by atoms with Gasteiger partial charge in [-0.25, -0.2) is 8.78 Å². The van der Waals surface area contributed by atoms with Crippen LogP contribution in [0.4, 0.5) is 8.78 Å². The van der Waals surface area contributed by atoms with Gasteiger partial charge >= 0.3 is 0 Å². The van der Waals surface area contributed by atoms with Crippen LogP contribution in [-0.2, 0) is 15.0 Å². The van der Waals surface area contributed by atoms with E-state index >= 15 is 0 Å². The third-order valence-electron chi connectivity index (χ3n) is 5.88. The average molecular weight is 409 g/mol. The Morgan fingerprint density at radius 1 is 1.28 bits per heavy atom. The molecule has 2 aliphatic rings. The van der Waals surface area contributed by atoms with Crippen LogP contribution in [-0.4, -0.2) is 46.0 Å². The number of nitrogens with zero attached hydrogens (tertiary/aromatic N) is 2. The molecule has 0 radical (unpaired) electrons. The molecule has 2 heterocycles. The molecule has 1 atom stereocenters. The summed E-state index contributed by atoms with van der Waals surface area (Å²) in [5, 5.41) is 12.1. The maximum absolute atomic E-state index is 13.4. The number of nitrogens with one attached hydrogen (secondary N) is 1. The van der Waals surface area contributed by atoms with Gasteiger partial charge in [0.2, 0.25) is 11.8 Å². The highest BCUT2D eigenvalue weighted by molar-refractivity contribution is 6.10. The highest BCUT2D eigenvalue weighted by Crippen LogP contribution is 2.38. The van der Waals surface area contributed by atoms with Crippen LogP contribution in [0.25, 0.3) is 0 Å². The third-order valence-corrected chi connectivity index (χ3v) is 5.88. The minimum Gasteiger partial charge on any atom is -0.360 e. The predicted molar refractivity (Wildman–Crippen MR) is 103 cm³/mol. The van der Waals surface area contributed by atoms with Crippen LogP contribution in [0.3, 0.4) is 0 Å². The number of halogens is 2. The van der Waals surface area contributed by atoms with E-state index in [1.807, 2.05) is 20.8 Å². The zero-order valence-corrected chi connectivity index (χ0v) is 17.3. The van der Waals surface area contributed by atoms with Crippen LogP contribution in [0, 0.1) is 11.3 Å². The van der Waals surface area contributed by atoms with Crippen LogP contribution in [0.2, 0.25) is 0 Å². The molecule has 3 rings (SSSR count). The van der Waals surface area contributed by atoms with Crippen molar-refractivity contribution in [3.8, 4) is 0 Å². The topological polar surface area (TPSA) is 87.3 Å². The second-order valence-corrected chi connectivity index (χ2v) is 9.27. The molecule has 1 aromatic heterocycles. The fourth-order valence-electron chi connectivity index (χ4n) is 4.04. The molecular weight excluding hydrogens is 380 g/mol. The Balaban J connectivity index is 1.62. The maximum atomic E-state index is 13.4. The van der Waals surface area contributed by atoms with Crippen molar-refractivity contribution in [2.24, 2.45) is 5.92 Å². The Labute approximate surface area is 169 Å². The Hall–Kier alpha value is -2.12. The van der Waals surface area contributed by atoms with Crippen molar-refractivity contribution in [2.75, 3.05) is 6.54 Å². The molecule has 6 nitrogen and oxygen atoms in total. The predicted octanol–water partition coefficient (Wildman–Crippen LogP) is 4.12. The van der Waals surface area contributed by atoms with E-state index in [-0.39, 0.29) is 54.9 Å². The van der Waals surface area contributed by atoms with E-state index in [1.165, 1.54) is 0 Å². The summed E-state index contributed by atoms with van der Waals surface area (Å²) in [4.78, 5) is 27.2. The van der Waals surface area contributed by atoms with E-state index in [4.69, 9.17) is 9.93 Å². The van der Waals surface area contributed by atoms with Crippen LogP contribution in [0.1, 0.15) is 77.2 Å². The monoisotopic (exact) mass is 409 g/mol. The van der Waals surface area contributed by atoms with Gasteiger partial charge in [-0.05, 0) is 25.7 Å². The largest absolute Gasteiger partial charge is 0.360 e. The molecule has 160 valence electrons. The normalized spacial score (nSPS) is 22.7. The lowest BCUT2D eigenvalue weighted by molar-refractivity contribution is -0.144. The summed E-state index contributed by atoms with van der Waals surface area (Å²) >= 11 is 0. The first-order valence-electron chi connectivity index (χ1n) is 10.2. The van der Waals surface area contributed by atoms with Gasteiger partial charge in [-0.3, -0.25) is 9.59 Å². The minimum absolute atomic E-state index is 0.0610. The third kappa shape index (κ3) is 4.90. The Bertz CT molecular complexity index is 787. The summed E-state index contributed by atoms with van der Waals surface area (Å²) in [6.07, 6.45) is 0.892. The first-order chi connectivity index (χ1) is 13.5. The highest BCUT2D eigenvalue weighted by atomic mass is 19.3. The SMILES string of the molecule is CC(C)(C)c1cc(C(=N)CC(=O)C2CCCN2C(=O)C2CCC(F)(F)CC2)no1. The van der Waals surface area contributed by atoms with Crippen molar-refractivity contribution >= 4 is 17.4 Å². The Kier molecular flexibility index (Phi) is 5.92. The standard InChI is InChI=1S/C21H29F2N3O3/c1-20(2,3)18-12-15(25-29-18)14(24)11-17(27)16-5-4-10-26(16)19(28)13-6-8-21(22,23)9-7-13/h12-13,16,24H,4-11H2,1-3H3. The summed E-state index contributed by atoms with van der Waals surface area (Å²) in [6.45, 7) is 6.37. The van der Waals surface area contributed by atoms with Crippen molar-refractivity contribution in [1.82, 2.24) is 10.1 Å². The number of carbonyl (C=O) groups excluding carboxylic acids is 2. The van der Waals surface area contributed by atoms with E-state index in [0.717, 1.165) is 0 Å². The van der Waals surface area contributed by atoms with Crippen molar-refractivity contribution in [2.45, 2.75) is 83.1 Å². The zero-order chi connectivity index (χ0) is 21.4. The number of hydrogen-bond acceptors (Lipinski definition) is 5. The van der Waals surface area contributed by atoms with Crippen molar-refractivity contribution in [1.29, 1.82) is 5.41 Å². The second-order valence-electron chi connectivity index (χ2n) is 9.27. The van der Waals surface area contributed by atoms with Crippen LogP contribution in [0.5, 0.6) is 0 Å². The van der Waals surface area contributed by atoms with Gasteiger partial charge in [0.15, 0.2) is 5.78 Å². The lowest BCUT2D eigenvalue weighted by atomic mass is 9.85. The zero-order valence-electron chi connectivity index (χ0n) is 17.3. The second kappa shape index (κ2) is 7.95. The molecule has 1 unspecified atom stereocenters. The van der Waals surface area contributed by atoms with Gasteiger partial charge in [0.05, 0.1) is 18.2 Å². The summed E-state index contributed by atoms with van der Waals surface area (Å²) in [5.74, 6) is -2.89. The summed E-state index contributed by atoms with van der Waals surface area (Å²) < 4.78 is 32.1. The molecule has 1 saturated heterocycles. The average Bonchev–Trinajstić information content (AvgIpc) is 3.30. The molecule has 1 N–H and O–H groups in total. The quantitative estimate of drug-likeness (QED) is 0.741. The van der Waals surface area contributed by atoms with Gasteiger partial charge in [-0.2, -0.15) is 0 Å². The summed E-state index contributed by atoms with van der Waals surface area (Å²) in [7, 11) is 0. The van der Waals surface area contributed by atoms with E-state index in [1.54, 1.807) is 11.0 Å². The van der Waals surface area contributed by atoms with Gasteiger partial charge in [-0.1, -0.05) is 25.9 Å². The van der Waals surface area contributed by atoms with E-state index < -0.39 is 17.9 Å². The maximum Gasteiger partial charge on any atom is 0.248 e. The van der Waals surface area contributed by atoms with Crippen molar-refractivity contribution in [3.63, 3.8) is 0 Å². The number of alkyl halides is 2. The Morgan fingerprint density at radius 2 is 1.93 bits per heavy atom. The van der Waals surface area contributed by atoms with E-state index in [2.05, 4.69) is 5.16 Å².